The van der Waals surface area contributed by atoms with Gasteiger partial charge in [-0.3, -0.25) is 20.9 Å². The Labute approximate surface area is 188 Å². The van der Waals surface area contributed by atoms with Crippen LogP contribution in [0, 0.1) is 5.92 Å². The maximum absolute atomic E-state index is 11.0. The van der Waals surface area contributed by atoms with Crippen LogP contribution in [0.15, 0.2) is 54.1 Å². The predicted octanol–water partition coefficient (Wildman–Crippen LogP) is 5.62. The van der Waals surface area contributed by atoms with Crippen LogP contribution < -0.4 is 11.3 Å². The molecule has 0 spiro atoms. The summed E-state index contributed by atoms with van der Waals surface area (Å²) in [7, 11) is 0. The molecule has 0 bridgehead atoms. The minimum Gasteiger partial charge on any atom is -0.281 e. The summed E-state index contributed by atoms with van der Waals surface area (Å²) >= 11 is 16.7. The summed E-state index contributed by atoms with van der Waals surface area (Å²) in [6.45, 7) is 9.71. The van der Waals surface area contributed by atoms with Crippen LogP contribution in [0.3, 0.4) is 0 Å². The van der Waals surface area contributed by atoms with Gasteiger partial charge in [-0.1, -0.05) is 54.1 Å². The van der Waals surface area contributed by atoms with Crippen molar-refractivity contribution in [1.29, 1.82) is 0 Å². The van der Waals surface area contributed by atoms with Gasteiger partial charge in [-0.15, -0.1) is 24.0 Å². The van der Waals surface area contributed by atoms with Crippen molar-refractivity contribution < 1.29 is 9.59 Å². The normalized spacial score (nSPS) is 20.3. The number of halogens is 4. The molecule has 0 amide bonds. The second-order valence-corrected chi connectivity index (χ2v) is 8.63. The molecule has 0 radical (unpaired) electrons. The van der Waals surface area contributed by atoms with Crippen LogP contribution in [0.4, 0.5) is 0 Å². The Morgan fingerprint density at radius 3 is 1.89 bits per heavy atom. The second-order valence-electron chi connectivity index (χ2n) is 7.13. The zero-order chi connectivity index (χ0) is 21.3. The maximum atomic E-state index is 11.0. The SMILES string of the molecule is CC(C)(C)NN.CC1=CC=CC(C(=O)Cl)C1(C)Cl.Cl.O=C(Cl)c1ccccc1. The van der Waals surface area contributed by atoms with Gasteiger partial charge in [-0.05, 0) is 57.8 Å². The average molecular weight is 470 g/mol. The topological polar surface area (TPSA) is 72.2 Å². The van der Waals surface area contributed by atoms with E-state index < -0.39 is 21.3 Å². The lowest BCUT2D eigenvalue weighted by Crippen LogP contribution is -2.41. The first-order valence-corrected chi connectivity index (χ1v) is 9.42. The fraction of sp³-hybridized carbons (Fsp3) is 0.400. The molecule has 0 saturated carbocycles. The number of hydrogen-bond acceptors (Lipinski definition) is 4. The number of hydrazine groups is 1. The molecule has 3 N–H and O–H groups in total. The third-order valence-corrected chi connectivity index (χ3v) is 4.67. The van der Waals surface area contributed by atoms with Gasteiger partial charge in [0.05, 0.1) is 10.8 Å². The largest absolute Gasteiger partial charge is 0.281 e. The molecule has 0 aliphatic heterocycles. The summed E-state index contributed by atoms with van der Waals surface area (Å²) in [6, 6.07) is 8.74. The highest BCUT2D eigenvalue weighted by Crippen LogP contribution is 2.37. The van der Waals surface area contributed by atoms with E-state index in [1.165, 1.54) is 0 Å². The van der Waals surface area contributed by atoms with Crippen LogP contribution >= 0.6 is 47.2 Å². The highest BCUT2D eigenvalue weighted by molar-refractivity contribution is 6.67. The van der Waals surface area contributed by atoms with Gasteiger partial charge < -0.3 is 0 Å². The van der Waals surface area contributed by atoms with Crippen molar-refractivity contribution in [2.75, 3.05) is 0 Å². The first-order valence-electron chi connectivity index (χ1n) is 8.29. The number of benzene rings is 1. The fourth-order valence-electron chi connectivity index (χ4n) is 1.76. The smallest absolute Gasteiger partial charge is 0.252 e. The van der Waals surface area contributed by atoms with Crippen molar-refractivity contribution in [3.05, 3.63) is 59.7 Å². The number of nitrogens with two attached hydrogens (primary N) is 1. The lowest BCUT2D eigenvalue weighted by atomic mass is 9.84. The van der Waals surface area contributed by atoms with E-state index in [2.05, 4.69) is 5.43 Å². The van der Waals surface area contributed by atoms with Crippen LogP contribution in [-0.2, 0) is 4.79 Å². The van der Waals surface area contributed by atoms with Gasteiger partial charge in [0.2, 0.25) is 5.24 Å². The van der Waals surface area contributed by atoms with E-state index in [1.54, 1.807) is 37.3 Å². The molecule has 0 heterocycles. The number of alkyl halides is 1. The average Bonchev–Trinajstić information content (AvgIpc) is 2.58. The third kappa shape index (κ3) is 11.2. The highest BCUT2D eigenvalue weighted by Gasteiger charge is 2.37. The summed E-state index contributed by atoms with van der Waals surface area (Å²) < 4.78 is 0. The van der Waals surface area contributed by atoms with E-state index in [-0.39, 0.29) is 17.9 Å². The molecule has 8 heteroatoms. The molecule has 1 aliphatic carbocycles. The maximum Gasteiger partial charge on any atom is 0.252 e. The zero-order valence-corrected chi connectivity index (χ0v) is 19.7. The lowest BCUT2D eigenvalue weighted by molar-refractivity contribution is -0.114. The minimum absolute atomic E-state index is 0. The van der Waals surface area contributed by atoms with Crippen LogP contribution in [-0.4, -0.2) is 20.9 Å². The summed E-state index contributed by atoms with van der Waals surface area (Å²) in [4.78, 5) is 20.7. The molecule has 4 nitrogen and oxygen atoms in total. The molecule has 2 rings (SSSR count). The summed E-state index contributed by atoms with van der Waals surface area (Å²) in [5, 5.41) is -0.813. The molecular weight excluding hydrogens is 442 g/mol. The van der Waals surface area contributed by atoms with Crippen LogP contribution in [0.25, 0.3) is 0 Å². The first kappa shape index (κ1) is 29.3. The van der Waals surface area contributed by atoms with Crippen LogP contribution in [0.2, 0.25) is 0 Å². The molecular formula is C20H28Cl4N2O2. The van der Waals surface area contributed by atoms with Crippen LogP contribution in [0.1, 0.15) is 45.0 Å². The summed E-state index contributed by atoms with van der Waals surface area (Å²) in [5.41, 5.74) is 4.18. The molecule has 158 valence electrons. The number of hydrogen-bond donors (Lipinski definition) is 2. The Kier molecular flexibility index (Phi) is 14.0. The van der Waals surface area contributed by atoms with Gasteiger partial charge in [0.1, 0.15) is 0 Å². The van der Waals surface area contributed by atoms with E-state index in [1.807, 2.05) is 45.9 Å². The van der Waals surface area contributed by atoms with E-state index >= 15 is 0 Å². The Hall–Kier alpha value is -0.880. The molecule has 2 atom stereocenters. The lowest BCUT2D eigenvalue weighted by Gasteiger charge is -2.30. The number of carbonyl (C=O) groups excluding carboxylic acids is 2. The van der Waals surface area contributed by atoms with Gasteiger partial charge in [-0.25, -0.2) is 0 Å². The van der Waals surface area contributed by atoms with Gasteiger partial charge in [0.25, 0.3) is 5.24 Å². The van der Waals surface area contributed by atoms with Crippen molar-refractivity contribution in [3.63, 3.8) is 0 Å². The number of nitrogens with one attached hydrogen (secondary N) is 1. The van der Waals surface area contributed by atoms with Gasteiger partial charge in [0.15, 0.2) is 0 Å². The molecule has 1 aliphatic rings. The predicted molar refractivity (Wildman–Crippen MR) is 122 cm³/mol. The van der Waals surface area contributed by atoms with E-state index in [9.17, 15) is 9.59 Å². The molecule has 1 aromatic rings. The number of carbonyl (C=O) groups is 2. The number of rotatable bonds is 2. The van der Waals surface area contributed by atoms with Crippen molar-refractivity contribution >= 4 is 57.7 Å². The van der Waals surface area contributed by atoms with E-state index in [0.29, 0.717) is 5.56 Å². The summed E-state index contributed by atoms with van der Waals surface area (Å²) in [5.74, 6) is 4.64. The zero-order valence-electron chi connectivity index (χ0n) is 16.6. The fourth-order valence-corrected chi connectivity index (χ4v) is 2.47. The minimum atomic E-state index is -0.659. The van der Waals surface area contributed by atoms with Crippen LogP contribution in [0.5, 0.6) is 0 Å². The van der Waals surface area contributed by atoms with Crippen molar-refractivity contribution in [2.24, 2.45) is 11.8 Å². The molecule has 0 aromatic heterocycles. The van der Waals surface area contributed by atoms with Gasteiger partial charge in [-0.2, -0.15) is 0 Å². The molecule has 28 heavy (non-hydrogen) atoms. The highest BCUT2D eigenvalue weighted by atomic mass is 35.5. The van der Waals surface area contributed by atoms with Gasteiger partial charge >= 0.3 is 0 Å². The molecule has 1 aromatic carbocycles. The Morgan fingerprint density at radius 2 is 1.61 bits per heavy atom. The van der Waals surface area contributed by atoms with Gasteiger partial charge in [0, 0.05) is 11.1 Å². The quantitative estimate of drug-likeness (QED) is 0.255. The molecule has 0 saturated heterocycles. The third-order valence-electron chi connectivity index (χ3n) is 3.68. The molecule has 2 unspecified atom stereocenters. The second kappa shape index (κ2) is 13.4. The first-order chi connectivity index (χ1) is 12.3. The Balaban J connectivity index is 0. The molecule has 0 fully saturated rings. The van der Waals surface area contributed by atoms with Crippen molar-refractivity contribution in [1.82, 2.24) is 5.43 Å². The van der Waals surface area contributed by atoms with E-state index in [4.69, 9.17) is 40.6 Å². The Bertz CT molecular complexity index is 681. The number of allylic oxidation sites excluding steroid dienone is 4. The monoisotopic (exact) mass is 468 g/mol. The summed E-state index contributed by atoms with van der Waals surface area (Å²) in [6.07, 6.45) is 5.43. The standard InChI is InChI=1S/C9H10Cl2O.C7H5ClO.C4H12N2.ClH/c1-6-4-3-5-7(8(10)12)9(6,2)11;8-7(9)6-4-2-1-3-5-6;1-4(2,3)6-5;/h3-5,7H,1-2H3;1-5H;6H,5H2,1-3H3;1H. The van der Waals surface area contributed by atoms with Crippen molar-refractivity contribution in [3.8, 4) is 0 Å². The Morgan fingerprint density at radius 1 is 1.14 bits per heavy atom. The van der Waals surface area contributed by atoms with Crippen molar-refractivity contribution in [2.45, 2.75) is 45.0 Å². The van der Waals surface area contributed by atoms with E-state index in [0.717, 1.165) is 5.57 Å².